The number of hydrogen-bond acceptors (Lipinski definition) is 0. The first-order valence-corrected chi connectivity index (χ1v) is 8.53. The highest BCUT2D eigenvalue weighted by Crippen LogP contribution is 2.47. The van der Waals surface area contributed by atoms with E-state index in [1.807, 2.05) is 0 Å². The van der Waals surface area contributed by atoms with Crippen LogP contribution in [0, 0.1) is 0 Å². The average Bonchev–Trinajstić information content (AvgIpc) is 2.54. The van der Waals surface area contributed by atoms with Crippen LogP contribution in [-0.2, 0) is 6.42 Å². The number of allylic oxidation sites excluding steroid dienone is 2. The highest BCUT2D eigenvalue weighted by Gasteiger charge is 2.27. The molecular formula is C21H26. The lowest BCUT2D eigenvalue weighted by molar-refractivity contribution is 0.729. The van der Waals surface area contributed by atoms with Crippen molar-refractivity contribution in [3.63, 3.8) is 0 Å². The van der Waals surface area contributed by atoms with Gasteiger partial charge in [-0.3, -0.25) is 0 Å². The molecule has 1 aliphatic rings. The van der Waals surface area contributed by atoms with Crippen LogP contribution < -0.4 is 0 Å². The molecule has 0 amide bonds. The van der Waals surface area contributed by atoms with Crippen molar-refractivity contribution in [2.24, 2.45) is 0 Å². The Kier molecular flexibility index (Phi) is 3.89. The van der Waals surface area contributed by atoms with Gasteiger partial charge in [-0.2, -0.15) is 0 Å². The van der Waals surface area contributed by atoms with Crippen LogP contribution in [0.1, 0.15) is 69.6 Å². The van der Waals surface area contributed by atoms with Crippen molar-refractivity contribution in [3.05, 3.63) is 52.6 Å². The van der Waals surface area contributed by atoms with Crippen molar-refractivity contribution >= 4 is 16.3 Å². The van der Waals surface area contributed by atoms with Crippen LogP contribution in [-0.4, -0.2) is 0 Å². The third kappa shape index (κ3) is 2.04. The summed E-state index contributed by atoms with van der Waals surface area (Å²) in [7, 11) is 0. The molecule has 0 saturated carbocycles. The largest absolute Gasteiger partial charge is 0.0645 e. The van der Waals surface area contributed by atoms with E-state index in [1.54, 1.807) is 22.3 Å². The van der Waals surface area contributed by atoms with Crippen molar-refractivity contribution in [1.82, 2.24) is 0 Å². The molecule has 110 valence electrons. The quantitative estimate of drug-likeness (QED) is 0.600. The second kappa shape index (κ2) is 5.67. The van der Waals surface area contributed by atoms with E-state index in [1.165, 1.54) is 29.2 Å². The van der Waals surface area contributed by atoms with Crippen molar-refractivity contribution < 1.29 is 0 Å². The van der Waals surface area contributed by atoms with E-state index in [2.05, 4.69) is 58.0 Å². The lowest BCUT2D eigenvalue weighted by atomic mass is 9.73. The zero-order valence-electron chi connectivity index (χ0n) is 13.8. The zero-order valence-corrected chi connectivity index (χ0v) is 13.8. The molecule has 0 spiro atoms. The first-order valence-electron chi connectivity index (χ1n) is 8.53. The van der Waals surface area contributed by atoms with Crippen LogP contribution in [0.2, 0.25) is 0 Å². The van der Waals surface area contributed by atoms with Crippen LogP contribution in [0.3, 0.4) is 0 Å². The summed E-state index contributed by atoms with van der Waals surface area (Å²) in [4.78, 5) is 0. The molecule has 0 aliphatic heterocycles. The third-order valence-electron chi connectivity index (χ3n) is 5.17. The summed E-state index contributed by atoms with van der Waals surface area (Å²) in [6.07, 6.45) is 4.66. The molecule has 0 nitrogen and oxygen atoms in total. The normalized spacial score (nSPS) is 17.6. The van der Waals surface area contributed by atoms with Crippen LogP contribution in [0.4, 0.5) is 0 Å². The average molecular weight is 278 g/mol. The molecule has 0 N–H and O–H groups in total. The van der Waals surface area contributed by atoms with Gasteiger partial charge in [0.15, 0.2) is 0 Å². The fraction of sp³-hybridized carbons (Fsp3) is 0.429. The molecule has 0 fully saturated rings. The topological polar surface area (TPSA) is 0 Å². The molecule has 0 bridgehead atoms. The molecule has 0 heterocycles. The molecule has 21 heavy (non-hydrogen) atoms. The minimum Gasteiger partial charge on any atom is -0.0645 e. The van der Waals surface area contributed by atoms with Crippen LogP contribution in [0.5, 0.6) is 0 Å². The maximum atomic E-state index is 2.36. The maximum absolute atomic E-state index is 2.36. The van der Waals surface area contributed by atoms with Gasteiger partial charge in [0.1, 0.15) is 0 Å². The minimum absolute atomic E-state index is 0.619. The summed E-state index contributed by atoms with van der Waals surface area (Å²) in [6.45, 7) is 9.27. The second-order valence-corrected chi connectivity index (χ2v) is 6.07. The van der Waals surface area contributed by atoms with E-state index >= 15 is 0 Å². The van der Waals surface area contributed by atoms with Crippen LogP contribution >= 0.6 is 0 Å². The van der Waals surface area contributed by atoms with Gasteiger partial charge in [0, 0.05) is 5.92 Å². The van der Waals surface area contributed by atoms with Crippen molar-refractivity contribution in [2.45, 2.75) is 59.3 Å². The van der Waals surface area contributed by atoms with Crippen molar-refractivity contribution in [3.8, 4) is 0 Å². The summed E-state index contributed by atoms with van der Waals surface area (Å²) in [5.41, 5.74) is 7.96. The Morgan fingerprint density at radius 1 is 0.857 bits per heavy atom. The number of benzene rings is 2. The molecule has 0 saturated heterocycles. The van der Waals surface area contributed by atoms with Gasteiger partial charge in [0.25, 0.3) is 0 Å². The van der Waals surface area contributed by atoms with E-state index in [9.17, 15) is 0 Å². The van der Waals surface area contributed by atoms with E-state index in [0.717, 1.165) is 12.8 Å². The highest BCUT2D eigenvalue weighted by atomic mass is 14.3. The fourth-order valence-electron chi connectivity index (χ4n) is 4.27. The molecular weight excluding hydrogens is 252 g/mol. The Bertz CT molecular complexity index is 703. The van der Waals surface area contributed by atoms with E-state index < -0.39 is 0 Å². The molecule has 0 heteroatoms. The number of rotatable bonds is 4. The Hall–Kier alpha value is -1.56. The van der Waals surface area contributed by atoms with Gasteiger partial charge in [0.2, 0.25) is 0 Å². The van der Waals surface area contributed by atoms with Gasteiger partial charge >= 0.3 is 0 Å². The summed E-state index contributed by atoms with van der Waals surface area (Å²) < 4.78 is 0. The number of hydrogen-bond donors (Lipinski definition) is 0. The summed E-state index contributed by atoms with van der Waals surface area (Å²) in [5, 5.41) is 2.96. The molecule has 2 aromatic carbocycles. The van der Waals surface area contributed by atoms with Crippen molar-refractivity contribution in [1.29, 1.82) is 0 Å². The molecule has 1 aliphatic carbocycles. The fourth-order valence-corrected chi connectivity index (χ4v) is 4.27. The van der Waals surface area contributed by atoms with Crippen LogP contribution in [0.25, 0.3) is 16.3 Å². The molecule has 0 aromatic heterocycles. The van der Waals surface area contributed by atoms with Gasteiger partial charge in [0.05, 0.1) is 0 Å². The molecule has 1 atom stereocenters. The van der Waals surface area contributed by atoms with Gasteiger partial charge in [-0.15, -0.1) is 0 Å². The molecule has 1 unspecified atom stereocenters. The van der Waals surface area contributed by atoms with E-state index in [0.29, 0.717) is 5.92 Å². The lowest BCUT2D eigenvalue weighted by Gasteiger charge is -2.32. The van der Waals surface area contributed by atoms with Gasteiger partial charge in [-0.1, -0.05) is 63.6 Å². The second-order valence-electron chi connectivity index (χ2n) is 6.07. The van der Waals surface area contributed by atoms with Gasteiger partial charge in [-0.05, 0) is 58.7 Å². The Balaban J connectivity index is 2.47. The monoisotopic (exact) mass is 278 g/mol. The van der Waals surface area contributed by atoms with E-state index in [-0.39, 0.29) is 0 Å². The SMILES string of the molecule is CCC1=C(CC)C(CC)c2cccc3ccc(CC)c1c23. The summed E-state index contributed by atoms with van der Waals surface area (Å²) >= 11 is 0. The Morgan fingerprint density at radius 2 is 1.67 bits per heavy atom. The van der Waals surface area contributed by atoms with Gasteiger partial charge < -0.3 is 0 Å². The predicted octanol–water partition coefficient (Wildman–Crippen LogP) is 6.48. The smallest absolute Gasteiger partial charge is 0.00578 e. The predicted molar refractivity (Wildman–Crippen MR) is 93.9 cm³/mol. The third-order valence-corrected chi connectivity index (χ3v) is 5.17. The minimum atomic E-state index is 0.619. The molecule has 2 aromatic rings. The Labute approximate surface area is 128 Å². The summed E-state index contributed by atoms with van der Waals surface area (Å²) in [6, 6.07) is 11.5. The van der Waals surface area contributed by atoms with Crippen molar-refractivity contribution in [2.75, 3.05) is 0 Å². The Morgan fingerprint density at radius 3 is 2.29 bits per heavy atom. The van der Waals surface area contributed by atoms with Gasteiger partial charge in [-0.25, -0.2) is 0 Å². The lowest BCUT2D eigenvalue weighted by Crippen LogP contribution is -2.12. The standard InChI is InChI=1S/C21H26/c1-5-14-12-13-15-10-9-11-19-17(7-3)16(6-2)18(8-4)20(14)21(15)19/h9-13,17H,5-8H2,1-4H3. The van der Waals surface area contributed by atoms with E-state index in [4.69, 9.17) is 0 Å². The number of aryl methyl sites for hydroxylation is 1. The zero-order chi connectivity index (χ0) is 15.0. The first kappa shape index (κ1) is 14.4. The maximum Gasteiger partial charge on any atom is 0.00578 e. The summed E-state index contributed by atoms with van der Waals surface area (Å²) in [5.74, 6) is 0.619. The molecule has 0 radical (unpaired) electrons. The van der Waals surface area contributed by atoms with Crippen LogP contribution in [0.15, 0.2) is 35.9 Å². The highest BCUT2D eigenvalue weighted by molar-refractivity contribution is 6.01. The molecule has 3 rings (SSSR count). The first-order chi connectivity index (χ1) is 10.3.